The second-order valence-corrected chi connectivity index (χ2v) is 5.24. The van der Waals surface area contributed by atoms with Gasteiger partial charge < -0.3 is 15.4 Å². The van der Waals surface area contributed by atoms with E-state index in [1.807, 2.05) is 6.07 Å². The number of ether oxygens (including phenoxy) is 1. The highest BCUT2D eigenvalue weighted by molar-refractivity contribution is 5.50. The van der Waals surface area contributed by atoms with E-state index in [-0.39, 0.29) is 0 Å². The molecular formula is C17H30N2O. The van der Waals surface area contributed by atoms with Crippen LogP contribution in [0.15, 0.2) is 24.3 Å². The zero-order valence-electron chi connectivity index (χ0n) is 13.1. The Morgan fingerprint density at radius 3 is 2.50 bits per heavy atom. The predicted octanol–water partition coefficient (Wildman–Crippen LogP) is 3.82. The molecule has 0 saturated carbocycles. The molecule has 20 heavy (non-hydrogen) atoms. The molecule has 0 aliphatic heterocycles. The number of unbranched alkanes of at least 4 members (excludes halogenated alkanes) is 4. The van der Waals surface area contributed by atoms with Crippen LogP contribution in [0.25, 0.3) is 0 Å². The molecular weight excluding hydrogens is 248 g/mol. The van der Waals surface area contributed by atoms with Crippen molar-refractivity contribution in [2.24, 2.45) is 5.73 Å². The van der Waals surface area contributed by atoms with Gasteiger partial charge in [-0.05, 0) is 31.5 Å². The summed E-state index contributed by atoms with van der Waals surface area (Å²) in [5, 5.41) is 0. The molecule has 0 fully saturated rings. The van der Waals surface area contributed by atoms with Crippen molar-refractivity contribution in [3.05, 3.63) is 24.3 Å². The van der Waals surface area contributed by atoms with Crippen LogP contribution in [0, 0.1) is 0 Å². The lowest BCUT2D eigenvalue weighted by atomic mass is 10.1. The molecule has 0 saturated heterocycles. The number of nitrogens with zero attached hydrogens (tertiary/aromatic N) is 1. The Morgan fingerprint density at radius 2 is 1.80 bits per heavy atom. The lowest BCUT2D eigenvalue weighted by Gasteiger charge is -2.25. The average molecular weight is 278 g/mol. The topological polar surface area (TPSA) is 38.5 Å². The molecule has 1 aromatic carbocycles. The van der Waals surface area contributed by atoms with Crippen molar-refractivity contribution in [3.8, 4) is 5.75 Å². The van der Waals surface area contributed by atoms with Gasteiger partial charge in [0.1, 0.15) is 5.75 Å². The van der Waals surface area contributed by atoms with Crippen LogP contribution in [0.2, 0.25) is 0 Å². The van der Waals surface area contributed by atoms with Gasteiger partial charge in [-0.2, -0.15) is 0 Å². The van der Waals surface area contributed by atoms with Gasteiger partial charge in [-0.1, -0.05) is 38.7 Å². The summed E-state index contributed by atoms with van der Waals surface area (Å²) in [4.78, 5) is 2.43. The van der Waals surface area contributed by atoms with Crippen LogP contribution in [0.3, 0.4) is 0 Å². The van der Waals surface area contributed by atoms with Crippen molar-refractivity contribution in [1.82, 2.24) is 0 Å². The van der Waals surface area contributed by atoms with Crippen LogP contribution in [0.1, 0.15) is 45.4 Å². The van der Waals surface area contributed by atoms with Gasteiger partial charge in [0.15, 0.2) is 0 Å². The summed E-state index contributed by atoms with van der Waals surface area (Å²) in [6, 6.07) is 8.32. The summed E-state index contributed by atoms with van der Waals surface area (Å²) in [5.41, 5.74) is 6.90. The van der Waals surface area contributed by atoms with E-state index >= 15 is 0 Å². The van der Waals surface area contributed by atoms with Crippen LogP contribution in [-0.2, 0) is 0 Å². The highest BCUT2D eigenvalue weighted by Gasteiger charge is 2.06. The summed E-state index contributed by atoms with van der Waals surface area (Å²) in [6.45, 7) is 5.13. The monoisotopic (exact) mass is 278 g/mol. The predicted molar refractivity (Wildman–Crippen MR) is 87.6 cm³/mol. The van der Waals surface area contributed by atoms with Crippen LogP contribution < -0.4 is 15.4 Å². The second kappa shape index (κ2) is 10.6. The zero-order valence-corrected chi connectivity index (χ0v) is 13.1. The van der Waals surface area contributed by atoms with Gasteiger partial charge in [0.2, 0.25) is 0 Å². The summed E-state index contributed by atoms with van der Waals surface area (Å²) < 4.78 is 5.32. The molecule has 114 valence electrons. The molecule has 0 atom stereocenters. The van der Waals surface area contributed by atoms with E-state index in [1.165, 1.54) is 37.8 Å². The maximum absolute atomic E-state index is 5.65. The van der Waals surface area contributed by atoms with E-state index in [4.69, 9.17) is 10.5 Å². The molecule has 2 N–H and O–H groups in total. The Bertz CT molecular complexity index is 355. The minimum absolute atomic E-state index is 0.746. The smallest absolute Gasteiger partial charge is 0.120 e. The number of rotatable bonds is 11. The molecule has 0 aromatic heterocycles. The molecule has 0 amide bonds. The third kappa shape index (κ3) is 6.29. The van der Waals surface area contributed by atoms with Crippen molar-refractivity contribution in [3.63, 3.8) is 0 Å². The lowest BCUT2D eigenvalue weighted by Crippen LogP contribution is -2.27. The van der Waals surface area contributed by atoms with Gasteiger partial charge in [-0.15, -0.1) is 0 Å². The third-order valence-electron chi connectivity index (χ3n) is 3.58. The molecule has 0 aliphatic carbocycles. The van der Waals surface area contributed by atoms with E-state index < -0.39 is 0 Å². The van der Waals surface area contributed by atoms with Crippen molar-refractivity contribution >= 4 is 5.69 Å². The molecule has 0 unspecified atom stereocenters. The van der Waals surface area contributed by atoms with E-state index in [2.05, 4.69) is 30.0 Å². The van der Waals surface area contributed by atoms with E-state index in [1.54, 1.807) is 7.11 Å². The maximum atomic E-state index is 5.65. The van der Waals surface area contributed by atoms with Crippen LogP contribution in [-0.4, -0.2) is 26.7 Å². The first-order valence-electron chi connectivity index (χ1n) is 7.91. The van der Waals surface area contributed by atoms with Crippen LogP contribution in [0.4, 0.5) is 5.69 Å². The summed E-state index contributed by atoms with van der Waals surface area (Å²) >= 11 is 0. The van der Waals surface area contributed by atoms with Gasteiger partial charge in [0, 0.05) is 24.8 Å². The van der Waals surface area contributed by atoms with Gasteiger partial charge in [0.05, 0.1) is 7.11 Å². The number of benzene rings is 1. The minimum atomic E-state index is 0.746. The van der Waals surface area contributed by atoms with Crippen LogP contribution >= 0.6 is 0 Å². The molecule has 1 aromatic rings. The van der Waals surface area contributed by atoms with Gasteiger partial charge >= 0.3 is 0 Å². The average Bonchev–Trinajstić information content (AvgIpc) is 2.50. The number of hydrogen-bond donors (Lipinski definition) is 1. The third-order valence-corrected chi connectivity index (χ3v) is 3.58. The zero-order chi connectivity index (χ0) is 14.6. The SMILES string of the molecule is CCCCCCCN(CCCN)c1cccc(OC)c1. The van der Waals surface area contributed by atoms with E-state index in [0.29, 0.717) is 0 Å². The standard InChI is InChI=1S/C17H30N2O/c1-3-4-5-6-7-13-19(14-9-12-18)16-10-8-11-17(15-16)20-2/h8,10-11,15H,3-7,9,12-14,18H2,1-2H3. The van der Waals surface area contributed by atoms with Gasteiger partial charge in [-0.3, -0.25) is 0 Å². The minimum Gasteiger partial charge on any atom is -0.497 e. The number of hydrogen-bond acceptors (Lipinski definition) is 3. The molecule has 3 heteroatoms. The highest BCUT2D eigenvalue weighted by Crippen LogP contribution is 2.21. The summed E-state index contributed by atoms with van der Waals surface area (Å²) in [5.74, 6) is 0.922. The first-order chi connectivity index (χ1) is 9.81. The quantitative estimate of drug-likeness (QED) is 0.625. The molecule has 0 bridgehead atoms. The Hall–Kier alpha value is -1.22. The summed E-state index contributed by atoms with van der Waals surface area (Å²) in [7, 11) is 1.72. The highest BCUT2D eigenvalue weighted by atomic mass is 16.5. The van der Waals surface area contributed by atoms with Crippen molar-refractivity contribution in [2.45, 2.75) is 45.4 Å². The number of methoxy groups -OCH3 is 1. The number of nitrogens with two attached hydrogens (primary N) is 1. The Kier molecular flexibility index (Phi) is 8.88. The van der Waals surface area contributed by atoms with E-state index in [0.717, 1.165) is 31.8 Å². The summed E-state index contributed by atoms with van der Waals surface area (Å²) in [6.07, 6.45) is 7.60. The van der Waals surface area contributed by atoms with Gasteiger partial charge in [0.25, 0.3) is 0 Å². The fraction of sp³-hybridized carbons (Fsp3) is 0.647. The molecule has 0 heterocycles. The fourth-order valence-electron chi connectivity index (χ4n) is 2.37. The Balaban J connectivity index is 2.53. The normalized spacial score (nSPS) is 10.6. The molecule has 1 rings (SSSR count). The van der Waals surface area contributed by atoms with E-state index in [9.17, 15) is 0 Å². The largest absolute Gasteiger partial charge is 0.497 e. The Labute approximate surface area is 124 Å². The van der Waals surface area contributed by atoms with Crippen LogP contribution in [0.5, 0.6) is 5.75 Å². The molecule has 0 spiro atoms. The Morgan fingerprint density at radius 1 is 1.05 bits per heavy atom. The number of anilines is 1. The molecule has 3 nitrogen and oxygen atoms in total. The molecule has 0 radical (unpaired) electrons. The van der Waals surface area contributed by atoms with Crippen molar-refractivity contribution in [2.75, 3.05) is 31.6 Å². The first-order valence-corrected chi connectivity index (χ1v) is 7.91. The fourth-order valence-corrected chi connectivity index (χ4v) is 2.37. The molecule has 0 aliphatic rings. The van der Waals surface area contributed by atoms with Crippen molar-refractivity contribution < 1.29 is 4.74 Å². The van der Waals surface area contributed by atoms with Gasteiger partial charge in [-0.25, -0.2) is 0 Å². The maximum Gasteiger partial charge on any atom is 0.120 e. The first kappa shape index (κ1) is 16.8. The van der Waals surface area contributed by atoms with Crippen molar-refractivity contribution in [1.29, 1.82) is 0 Å². The lowest BCUT2D eigenvalue weighted by molar-refractivity contribution is 0.414. The second-order valence-electron chi connectivity index (χ2n) is 5.24.